The molecule has 3 rings (SSSR count). The maximum absolute atomic E-state index is 4.76. The highest BCUT2D eigenvalue weighted by atomic mass is 15.1. The minimum atomic E-state index is 0.172. The molecule has 5 nitrogen and oxygen atoms in total. The summed E-state index contributed by atoms with van der Waals surface area (Å²) < 4.78 is 4.23. The molecule has 1 aromatic carbocycles. The summed E-state index contributed by atoms with van der Waals surface area (Å²) in [6.45, 7) is 3.02. The van der Waals surface area contributed by atoms with Crippen molar-refractivity contribution < 1.29 is 0 Å². The lowest BCUT2D eigenvalue weighted by Gasteiger charge is -2.17. The van der Waals surface area contributed by atoms with E-state index < -0.39 is 0 Å². The highest BCUT2D eigenvalue weighted by Crippen LogP contribution is 2.20. The van der Waals surface area contributed by atoms with Gasteiger partial charge in [-0.2, -0.15) is 0 Å². The Morgan fingerprint density at radius 3 is 2.71 bits per heavy atom. The standard InChI is InChI=1S/C16H21N5/c1-4-17-13(16-18-9-10-20(16)2)11-15-19-12-7-5-6-8-14(12)21(15)3/h5-10,13,17H,4,11H2,1-3H3. The lowest BCUT2D eigenvalue weighted by molar-refractivity contribution is 0.492. The number of nitrogens with zero attached hydrogens (tertiary/aromatic N) is 4. The van der Waals surface area contributed by atoms with E-state index >= 15 is 0 Å². The van der Waals surface area contributed by atoms with Crippen molar-refractivity contribution in [1.82, 2.24) is 24.4 Å². The van der Waals surface area contributed by atoms with E-state index in [1.807, 2.05) is 31.6 Å². The SMILES string of the molecule is CCNC(Cc1nc2ccccc2n1C)c1nccn1C. The monoisotopic (exact) mass is 283 g/mol. The van der Waals surface area contributed by atoms with E-state index in [1.165, 1.54) is 5.52 Å². The van der Waals surface area contributed by atoms with E-state index in [1.54, 1.807) is 0 Å². The quantitative estimate of drug-likeness (QED) is 0.781. The minimum Gasteiger partial charge on any atom is -0.337 e. The van der Waals surface area contributed by atoms with Crippen LogP contribution in [0, 0.1) is 0 Å². The van der Waals surface area contributed by atoms with Gasteiger partial charge in [-0.05, 0) is 18.7 Å². The molecule has 0 bridgehead atoms. The average molecular weight is 283 g/mol. The van der Waals surface area contributed by atoms with Gasteiger partial charge < -0.3 is 14.5 Å². The third-order valence-corrected chi connectivity index (χ3v) is 3.89. The topological polar surface area (TPSA) is 47.7 Å². The summed E-state index contributed by atoms with van der Waals surface area (Å²) in [5, 5.41) is 3.51. The van der Waals surface area contributed by atoms with Crippen LogP contribution in [0.1, 0.15) is 24.6 Å². The largest absolute Gasteiger partial charge is 0.337 e. The molecule has 2 aromatic heterocycles. The molecular formula is C16H21N5. The van der Waals surface area contributed by atoms with Crippen LogP contribution >= 0.6 is 0 Å². The van der Waals surface area contributed by atoms with Crippen LogP contribution in [0.3, 0.4) is 0 Å². The summed E-state index contributed by atoms with van der Waals surface area (Å²) in [4.78, 5) is 9.24. The fourth-order valence-corrected chi connectivity index (χ4v) is 2.77. The molecule has 2 heterocycles. The van der Waals surface area contributed by atoms with Gasteiger partial charge in [-0.15, -0.1) is 0 Å². The van der Waals surface area contributed by atoms with E-state index in [9.17, 15) is 0 Å². The van der Waals surface area contributed by atoms with Gasteiger partial charge in [0.15, 0.2) is 0 Å². The van der Waals surface area contributed by atoms with Crippen LogP contribution in [0.25, 0.3) is 11.0 Å². The van der Waals surface area contributed by atoms with Gasteiger partial charge in [0.05, 0.1) is 17.1 Å². The number of hydrogen-bond donors (Lipinski definition) is 1. The maximum Gasteiger partial charge on any atom is 0.126 e. The number of aryl methyl sites for hydroxylation is 2. The Hall–Kier alpha value is -2.14. The lowest BCUT2D eigenvalue weighted by Crippen LogP contribution is -2.26. The van der Waals surface area contributed by atoms with Gasteiger partial charge in [0.25, 0.3) is 0 Å². The number of fused-ring (bicyclic) bond motifs is 1. The molecular weight excluding hydrogens is 262 g/mol. The second-order valence-corrected chi connectivity index (χ2v) is 5.29. The molecule has 0 saturated heterocycles. The van der Waals surface area contributed by atoms with E-state index in [0.717, 1.165) is 30.1 Å². The molecule has 0 aliphatic carbocycles. The number of imidazole rings is 2. The number of rotatable bonds is 5. The molecule has 0 aliphatic heterocycles. The Kier molecular flexibility index (Phi) is 3.75. The summed E-state index contributed by atoms with van der Waals surface area (Å²) in [6, 6.07) is 8.41. The summed E-state index contributed by atoms with van der Waals surface area (Å²) in [7, 11) is 4.10. The Morgan fingerprint density at radius 2 is 2.05 bits per heavy atom. The molecule has 0 fully saturated rings. The zero-order valence-corrected chi connectivity index (χ0v) is 12.7. The zero-order valence-electron chi connectivity index (χ0n) is 12.7. The molecule has 0 aliphatic rings. The van der Waals surface area contributed by atoms with Crippen molar-refractivity contribution in [3.8, 4) is 0 Å². The van der Waals surface area contributed by atoms with Crippen molar-refractivity contribution >= 4 is 11.0 Å². The van der Waals surface area contributed by atoms with Crippen molar-refractivity contribution in [3.05, 3.63) is 48.3 Å². The number of para-hydroxylation sites is 2. The van der Waals surface area contributed by atoms with Crippen molar-refractivity contribution in [1.29, 1.82) is 0 Å². The van der Waals surface area contributed by atoms with Gasteiger partial charge in [-0.1, -0.05) is 19.1 Å². The lowest BCUT2D eigenvalue weighted by atomic mass is 10.2. The van der Waals surface area contributed by atoms with E-state index in [-0.39, 0.29) is 6.04 Å². The highest BCUT2D eigenvalue weighted by molar-refractivity contribution is 5.75. The van der Waals surface area contributed by atoms with Gasteiger partial charge in [-0.3, -0.25) is 0 Å². The number of likely N-dealkylation sites (N-methyl/N-ethyl adjacent to an activating group) is 1. The van der Waals surface area contributed by atoms with Crippen molar-refractivity contribution in [2.45, 2.75) is 19.4 Å². The van der Waals surface area contributed by atoms with Crippen LogP contribution in [0.2, 0.25) is 0 Å². The average Bonchev–Trinajstić information content (AvgIpc) is 3.04. The number of hydrogen-bond acceptors (Lipinski definition) is 3. The molecule has 3 aromatic rings. The first kappa shape index (κ1) is 13.8. The fourth-order valence-electron chi connectivity index (χ4n) is 2.77. The first-order valence-corrected chi connectivity index (χ1v) is 7.31. The third-order valence-electron chi connectivity index (χ3n) is 3.89. The van der Waals surface area contributed by atoms with Crippen molar-refractivity contribution in [2.24, 2.45) is 14.1 Å². The first-order chi connectivity index (χ1) is 10.2. The Balaban J connectivity index is 1.94. The smallest absolute Gasteiger partial charge is 0.126 e. The van der Waals surface area contributed by atoms with Gasteiger partial charge >= 0.3 is 0 Å². The van der Waals surface area contributed by atoms with E-state index in [0.29, 0.717) is 0 Å². The molecule has 110 valence electrons. The van der Waals surface area contributed by atoms with E-state index in [4.69, 9.17) is 4.98 Å². The predicted octanol–water partition coefficient (Wildman–Crippen LogP) is 2.20. The summed E-state index contributed by atoms with van der Waals surface area (Å²) in [5.74, 6) is 2.12. The molecule has 21 heavy (non-hydrogen) atoms. The van der Waals surface area contributed by atoms with Gasteiger partial charge in [-0.25, -0.2) is 9.97 Å². The van der Waals surface area contributed by atoms with Crippen LogP contribution in [-0.4, -0.2) is 25.6 Å². The summed E-state index contributed by atoms with van der Waals surface area (Å²) in [5.41, 5.74) is 2.22. The molecule has 0 radical (unpaired) electrons. The predicted molar refractivity (Wildman–Crippen MR) is 84.0 cm³/mol. The Morgan fingerprint density at radius 1 is 1.24 bits per heavy atom. The van der Waals surface area contributed by atoms with E-state index in [2.05, 4.69) is 45.5 Å². The third kappa shape index (κ3) is 2.56. The normalized spacial score (nSPS) is 12.9. The van der Waals surface area contributed by atoms with Gasteiger partial charge in [0.2, 0.25) is 0 Å². The van der Waals surface area contributed by atoms with Gasteiger partial charge in [0.1, 0.15) is 11.6 Å². The summed E-state index contributed by atoms with van der Waals surface area (Å²) in [6.07, 6.45) is 4.65. The Bertz CT molecular complexity index is 740. The van der Waals surface area contributed by atoms with Crippen molar-refractivity contribution in [3.63, 3.8) is 0 Å². The summed E-state index contributed by atoms with van der Waals surface area (Å²) >= 11 is 0. The maximum atomic E-state index is 4.76. The molecule has 1 atom stereocenters. The second kappa shape index (κ2) is 5.69. The molecule has 5 heteroatoms. The molecule has 0 saturated carbocycles. The zero-order chi connectivity index (χ0) is 14.8. The molecule has 0 spiro atoms. The number of nitrogens with one attached hydrogen (secondary N) is 1. The molecule has 1 unspecified atom stereocenters. The Labute approximate surface area is 124 Å². The van der Waals surface area contributed by atoms with Crippen LogP contribution in [0.5, 0.6) is 0 Å². The second-order valence-electron chi connectivity index (χ2n) is 5.29. The van der Waals surface area contributed by atoms with Gasteiger partial charge in [0, 0.05) is 32.9 Å². The minimum absolute atomic E-state index is 0.172. The number of benzene rings is 1. The highest BCUT2D eigenvalue weighted by Gasteiger charge is 2.18. The van der Waals surface area contributed by atoms with Crippen LogP contribution < -0.4 is 5.32 Å². The van der Waals surface area contributed by atoms with Crippen LogP contribution in [-0.2, 0) is 20.5 Å². The van der Waals surface area contributed by atoms with Crippen molar-refractivity contribution in [2.75, 3.05) is 6.54 Å². The first-order valence-electron chi connectivity index (χ1n) is 7.31. The molecule has 1 N–H and O–H groups in total. The molecule has 0 amide bonds. The van der Waals surface area contributed by atoms with Crippen LogP contribution in [0.4, 0.5) is 0 Å². The van der Waals surface area contributed by atoms with Crippen LogP contribution in [0.15, 0.2) is 36.7 Å². The number of aromatic nitrogens is 4. The fraction of sp³-hybridized carbons (Fsp3) is 0.375.